The van der Waals surface area contributed by atoms with Crippen LogP contribution < -0.4 is 0 Å². The smallest absolute Gasteiger partial charge is 0.253 e. The zero-order valence-corrected chi connectivity index (χ0v) is 13.9. The van der Waals surface area contributed by atoms with Crippen LogP contribution >= 0.6 is 11.3 Å². The lowest BCUT2D eigenvalue weighted by Gasteiger charge is -2.35. The van der Waals surface area contributed by atoms with Crippen molar-refractivity contribution in [2.24, 2.45) is 0 Å². The largest absolute Gasteiger partial charge is 0.391 e. The van der Waals surface area contributed by atoms with Crippen molar-refractivity contribution in [2.75, 3.05) is 19.6 Å². The molecular formula is C14H20N2O4S2. The van der Waals surface area contributed by atoms with Gasteiger partial charge in [0.1, 0.15) is 10.3 Å². The molecule has 1 aromatic heterocycles. The number of nitrogens with zero attached hydrogens (tertiary/aromatic N) is 2. The maximum absolute atomic E-state index is 12.8. The van der Waals surface area contributed by atoms with Crippen LogP contribution in [0.4, 0.5) is 0 Å². The van der Waals surface area contributed by atoms with E-state index in [0.29, 0.717) is 32.5 Å². The Balaban J connectivity index is 1.84. The van der Waals surface area contributed by atoms with E-state index in [2.05, 4.69) is 0 Å². The highest BCUT2D eigenvalue weighted by molar-refractivity contribution is 7.91. The number of β-amino-alcohol motifs (C(OH)–C–C–N with tert-alkyl or cyclic N) is 1. The molecule has 2 fully saturated rings. The first-order valence-corrected chi connectivity index (χ1v) is 9.84. The molecule has 2 atom stereocenters. The lowest BCUT2D eigenvalue weighted by atomic mass is 10.0. The van der Waals surface area contributed by atoms with Crippen molar-refractivity contribution in [2.45, 2.75) is 42.0 Å². The molecule has 3 rings (SSSR count). The third-order valence-electron chi connectivity index (χ3n) is 4.27. The molecule has 1 unspecified atom stereocenters. The van der Waals surface area contributed by atoms with E-state index >= 15 is 0 Å². The molecule has 0 spiro atoms. The molecule has 0 aliphatic carbocycles. The number of aliphatic hydroxyl groups excluding tert-OH is 1. The fourth-order valence-corrected chi connectivity index (χ4v) is 5.89. The first-order chi connectivity index (χ1) is 10.5. The minimum atomic E-state index is -3.61. The van der Waals surface area contributed by atoms with E-state index in [9.17, 15) is 18.3 Å². The minimum Gasteiger partial charge on any atom is -0.391 e. The number of piperidine rings is 1. The van der Waals surface area contributed by atoms with E-state index in [1.54, 1.807) is 22.4 Å². The van der Waals surface area contributed by atoms with Crippen LogP contribution in [-0.4, -0.2) is 60.4 Å². The normalized spacial score (nSPS) is 27.2. The molecule has 8 heteroatoms. The maximum atomic E-state index is 12.8. The third-order valence-corrected chi connectivity index (χ3v) is 7.55. The van der Waals surface area contributed by atoms with Gasteiger partial charge in [-0.3, -0.25) is 4.79 Å². The van der Waals surface area contributed by atoms with Crippen molar-refractivity contribution < 1.29 is 18.3 Å². The third kappa shape index (κ3) is 2.92. The van der Waals surface area contributed by atoms with Gasteiger partial charge in [0, 0.05) is 19.6 Å². The topological polar surface area (TPSA) is 77.9 Å². The Morgan fingerprint density at radius 3 is 2.73 bits per heavy atom. The molecular weight excluding hydrogens is 324 g/mol. The fraction of sp³-hybridized carbons (Fsp3) is 0.643. The van der Waals surface area contributed by atoms with Crippen molar-refractivity contribution >= 4 is 27.3 Å². The van der Waals surface area contributed by atoms with Gasteiger partial charge in [0.2, 0.25) is 5.91 Å². The van der Waals surface area contributed by atoms with E-state index in [0.717, 1.165) is 12.8 Å². The van der Waals surface area contributed by atoms with Crippen molar-refractivity contribution in [1.29, 1.82) is 0 Å². The van der Waals surface area contributed by atoms with Crippen LogP contribution in [0.5, 0.6) is 0 Å². The van der Waals surface area contributed by atoms with Crippen LogP contribution in [0.1, 0.15) is 25.7 Å². The molecule has 0 radical (unpaired) electrons. The molecule has 2 saturated heterocycles. The lowest BCUT2D eigenvalue weighted by molar-refractivity contribution is -0.135. The summed E-state index contributed by atoms with van der Waals surface area (Å²) in [6, 6.07) is 2.65. The monoisotopic (exact) mass is 344 g/mol. The van der Waals surface area contributed by atoms with Gasteiger partial charge < -0.3 is 10.0 Å². The first kappa shape index (κ1) is 15.9. The standard InChI is InChI=1S/C14H20N2O4S2/c17-11-6-8-15(10-11)14(18)12-4-1-2-7-16(12)22(19,20)13-5-3-9-21-13/h3,5,9,11-12,17H,1-2,4,6-8,10H2/t11-,12?/m0/s1. The van der Waals surface area contributed by atoms with Crippen LogP contribution in [-0.2, 0) is 14.8 Å². The summed E-state index contributed by atoms with van der Waals surface area (Å²) >= 11 is 1.18. The predicted octanol–water partition coefficient (Wildman–Crippen LogP) is 0.885. The summed E-state index contributed by atoms with van der Waals surface area (Å²) in [5.74, 6) is -0.170. The van der Waals surface area contributed by atoms with E-state index in [4.69, 9.17) is 0 Å². The summed E-state index contributed by atoms with van der Waals surface area (Å²) < 4.78 is 27.2. The molecule has 0 saturated carbocycles. The van der Waals surface area contributed by atoms with Gasteiger partial charge in [-0.2, -0.15) is 4.31 Å². The van der Waals surface area contributed by atoms with Crippen molar-refractivity contribution in [1.82, 2.24) is 9.21 Å². The van der Waals surface area contributed by atoms with Gasteiger partial charge in [-0.1, -0.05) is 12.5 Å². The molecule has 122 valence electrons. The van der Waals surface area contributed by atoms with Crippen LogP contribution in [0, 0.1) is 0 Å². The van der Waals surface area contributed by atoms with Crippen molar-refractivity contribution in [3.05, 3.63) is 17.5 Å². The van der Waals surface area contributed by atoms with Gasteiger partial charge in [0.15, 0.2) is 0 Å². The van der Waals surface area contributed by atoms with Gasteiger partial charge >= 0.3 is 0 Å². The Bertz CT molecular complexity index is 629. The van der Waals surface area contributed by atoms with Gasteiger partial charge in [-0.05, 0) is 30.7 Å². The number of thiophene rings is 1. The maximum Gasteiger partial charge on any atom is 0.253 e. The molecule has 2 aliphatic rings. The summed E-state index contributed by atoms with van der Waals surface area (Å²) in [4.78, 5) is 14.3. The molecule has 0 aromatic carbocycles. The number of amides is 1. The number of sulfonamides is 1. The number of carbonyl (C=O) groups excluding carboxylic acids is 1. The van der Waals surface area contributed by atoms with Crippen LogP contribution in [0.15, 0.2) is 21.7 Å². The molecule has 3 heterocycles. The average Bonchev–Trinajstić information content (AvgIpc) is 3.18. The van der Waals surface area contributed by atoms with Crippen molar-refractivity contribution in [3.8, 4) is 0 Å². The summed E-state index contributed by atoms with van der Waals surface area (Å²) in [6.07, 6.45) is 2.25. The number of rotatable bonds is 3. The Morgan fingerprint density at radius 1 is 1.27 bits per heavy atom. The van der Waals surface area contributed by atoms with Gasteiger partial charge in [0.25, 0.3) is 10.0 Å². The van der Waals surface area contributed by atoms with Gasteiger partial charge in [-0.15, -0.1) is 11.3 Å². The summed E-state index contributed by atoms with van der Waals surface area (Å²) in [5, 5.41) is 11.3. The summed E-state index contributed by atoms with van der Waals surface area (Å²) in [7, 11) is -3.61. The number of carbonyl (C=O) groups is 1. The van der Waals surface area contributed by atoms with E-state index in [1.807, 2.05) is 0 Å². The first-order valence-electron chi connectivity index (χ1n) is 7.52. The SMILES string of the molecule is O=C(C1CCCCN1S(=O)(=O)c1cccs1)N1CC[C@H](O)C1. The molecule has 6 nitrogen and oxygen atoms in total. The van der Waals surface area contributed by atoms with Crippen molar-refractivity contribution in [3.63, 3.8) is 0 Å². The summed E-state index contributed by atoms with van der Waals surface area (Å²) in [6.45, 7) is 1.19. The van der Waals surface area contributed by atoms with E-state index in [-0.39, 0.29) is 10.1 Å². The van der Waals surface area contributed by atoms with E-state index < -0.39 is 22.2 Å². The van der Waals surface area contributed by atoms with Gasteiger partial charge in [0.05, 0.1) is 6.10 Å². The van der Waals surface area contributed by atoms with Crippen LogP contribution in [0.25, 0.3) is 0 Å². The number of hydrogen-bond acceptors (Lipinski definition) is 5. The second-order valence-electron chi connectivity index (χ2n) is 5.79. The Morgan fingerprint density at radius 2 is 2.09 bits per heavy atom. The molecule has 1 amide bonds. The highest BCUT2D eigenvalue weighted by Gasteiger charge is 2.41. The van der Waals surface area contributed by atoms with Crippen LogP contribution in [0.3, 0.4) is 0 Å². The number of aliphatic hydroxyl groups is 1. The molecule has 2 aliphatic heterocycles. The molecule has 0 bridgehead atoms. The Labute approximate surface area is 134 Å². The Kier molecular flexibility index (Phi) is 4.54. The highest BCUT2D eigenvalue weighted by atomic mass is 32.2. The second-order valence-corrected chi connectivity index (χ2v) is 8.85. The lowest BCUT2D eigenvalue weighted by Crippen LogP contribution is -2.52. The summed E-state index contributed by atoms with van der Waals surface area (Å²) in [5.41, 5.74) is 0. The Hall–Kier alpha value is -0.960. The fourth-order valence-electron chi connectivity index (χ4n) is 3.12. The molecule has 22 heavy (non-hydrogen) atoms. The zero-order chi connectivity index (χ0) is 15.7. The van der Waals surface area contributed by atoms with Crippen LogP contribution in [0.2, 0.25) is 0 Å². The van der Waals surface area contributed by atoms with E-state index in [1.165, 1.54) is 15.6 Å². The second kappa shape index (κ2) is 6.27. The highest BCUT2D eigenvalue weighted by Crippen LogP contribution is 2.29. The number of hydrogen-bond donors (Lipinski definition) is 1. The minimum absolute atomic E-state index is 0.170. The zero-order valence-electron chi connectivity index (χ0n) is 12.2. The number of likely N-dealkylation sites (tertiary alicyclic amines) is 1. The van der Waals surface area contributed by atoms with Gasteiger partial charge in [-0.25, -0.2) is 8.42 Å². The quantitative estimate of drug-likeness (QED) is 0.883. The average molecular weight is 344 g/mol. The predicted molar refractivity (Wildman–Crippen MR) is 83.1 cm³/mol. The molecule has 1 aromatic rings. The molecule has 1 N–H and O–H groups in total.